The highest BCUT2D eigenvalue weighted by molar-refractivity contribution is 5.96. The number of amides is 1. The molecule has 5 heteroatoms. The number of ether oxygens (including phenoxy) is 1. The van der Waals surface area contributed by atoms with Crippen LogP contribution in [-0.4, -0.2) is 13.0 Å². The molecule has 0 bridgehead atoms. The Morgan fingerprint density at radius 3 is 2.81 bits per heavy atom. The fourth-order valence-electron chi connectivity index (χ4n) is 1.45. The van der Waals surface area contributed by atoms with E-state index in [1.54, 1.807) is 18.2 Å². The number of benzene rings is 1. The maximum atomic E-state index is 11.4. The number of methoxy groups -OCH3 is 1. The minimum atomic E-state index is -0.807. The van der Waals surface area contributed by atoms with Crippen LogP contribution in [-0.2, 0) is 0 Å². The smallest absolute Gasteiger partial charge is 0.349 e. The normalized spacial score (nSPS) is 10.3. The number of primary amides is 1. The summed E-state index contributed by atoms with van der Waals surface area (Å²) >= 11 is 0. The summed E-state index contributed by atoms with van der Waals surface area (Å²) in [5.74, 6) is -0.371. The number of fused-ring (bicyclic) bond motifs is 1. The molecule has 0 aliphatic rings. The Morgan fingerprint density at radius 2 is 2.19 bits per heavy atom. The van der Waals surface area contributed by atoms with Crippen molar-refractivity contribution in [1.82, 2.24) is 0 Å². The number of rotatable bonds is 2. The van der Waals surface area contributed by atoms with E-state index < -0.39 is 11.5 Å². The number of carbonyl (C=O) groups excluding carboxylic acids is 1. The molecule has 2 N–H and O–H groups in total. The van der Waals surface area contributed by atoms with Gasteiger partial charge in [-0.1, -0.05) is 12.1 Å². The van der Waals surface area contributed by atoms with Gasteiger partial charge >= 0.3 is 5.63 Å². The molecule has 1 aromatic heterocycles. The maximum Gasteiger partial charge on any atom is 0.349 e. The van der Waals surface area contributed by atoms with Gasteiger partial charge < -0.3 is 14.9 Å². The molecule has 0 saturated carbocycles. The van der Waals surface area contributed by atoms with Crippen LogP contribution >= 0.6 is 0 Å². The Hall–Kier alpha value is -2.30. The lowest BCUT2D eigenvalue weighted by Gasteiger charge is -2.03. The first-order valence-electron chi connectivity index (χ1n) is 4.54. The lowest BCUT2D eigenvalue weighted by atomic mass is 10.1. The molecule has 1 heterocycles. The summed E-state index contributed by atoms with van der Waals surface area (Å²) in [6.07, 6.45) is 0. The molecular formula is C11H9NO4. The first-order valence-corrected chi connectivity index (χ1v) is 4.54. The fourth-order valence-corrected chi connectivity index (χ4v) is 1.45. The second-order valence-corrected chi connectivity index (χ2v) is 3.19. The van der Waals surface area contributed by atoms with Crippen molar-refractivity contribution in [2.24, 2.45) is 5.73 Å². The van der Waals surface area contributed by atoms with E-state index in [1.807, 2.05) is 0 Å². The summed E-state index contributed by atoms with van der Waals surface area (Å²) in [6.45, 7) is 0. The molecule has 82 valence electrons. The summed E-state index contributed by atoms with van der Waals surface area (Å²) < 4.78 is 10.0. The summed E-state index contributed by atoms with van der Waals surface area (Å²) in [4.78, 5) is 22.4. The van der Waals surface area contributed by atoms with E-state index in [9.17, 15) is 9.59 Å². The van der Waals surface area contributed by atoms with Gasteiger partial charge in [0.15, 0.2) is 11.3 Å². The first kappa shape index (κ1) is 10.2. The molecule has 0 spiro atoms. The highest BCUT2D eigenvalue weighted by atomic mass is 16.5. The van der Waals surface area contributed by atoms with Gasteiger partial charge in [0.1, 0.15) is 5.56 Å². The Labute approximate surface area is 90.4 Å². The molecule has 16 heavy (non-hydrogen) atoms. The van der Waals surface area contributed by atoms with Gasteiger partial charge in [0, 0.05) is 5.39 Å². The SMILES string of the molecule is COc1cccc2cc(C(N)=O)c(=O)oc12. The number of hydrogen-bond acceptors (Lipinski definition) is 4. The van der Waals surface area contributed by atoms with Crippen LogP contribution in [0.25, 0.3) is 11.0 Å². The Balaban J connectivity index is 2.83. The van der Waals surface area contributed by atoms with E-state index in [0.29, 0.717) is 16.7 Å². The van der Waals surface area contributed by atoms with Gasteiger partial charge in [-0.25, -0.2) is 4.79 Å². The van der Waals surface area contributed by atoms with Crippen LogP contribution < -0.4 is 16.1 Å². The van der Waals surface area contributed by atoms with Crippen LogP contribution in [0, 0.1) is 0 Å². The minimum absolute atomic E-state index is 0.166. The molecule has 0 saturated heterocycles. The molecule has 0 aliphatic heterocycles. The lowest BCUT2D eigenvalue weighted by molar-refractivity contribution is 0.0997. The van der Waals surface area contributed by atoms with Crippen molar-refractivity contribution in [3.05, 3.63) is 40.2 Å². The van der Waals surface area contributed by atoms with E-state index >= 15 is 0 Å². The molecule has 2 aromatic rings. The van der Waals surface area contributed by atoms with Gasteiger partial charge in [0.2, 0.25) is 0 Å². The molecule has 0 atom stereocenters. The van der Waals surface area contributed by atoms with Crippen LogP contribution in [0.1, 0.15) is 10.4 Å². The zero-order valence-corrected chi connectivity index (χ0v) is 8.52. The predicted octanol–water partition coefficient (Wildman–Crippen LogP) is 0.900. The lowest BCUT2D eigenvalue weighted by Crippen LogP contribution is -2.20. The van der Waals surface area contributed by atoms with Crippen molar-refractivity contribution in [3.8, 4) is 5.75 Å². The molecule has 1 amide bonds. The Kier molecular flexibility index (Phi) is 2.36. The average Bonchev–Trinajstić information content (AvgIpc) is 2.27. The molecule has 0 unspecified atom stereocenters. The van der Waals surface area contributed by atoms with Crippen LogP contribution in [0.4, 0.5) is 0 Å². The second kappa shape index (κ2) is 3.69. The summed E-state index contributed by atoms with van der Waals surface area (Å²) in [5.41, 5.74) is 4.43. The van der Waals surface area contributed by atoms with Gasteiger partial charge in [-0.3, -0.25) is 4.79 Å². The molecule has 0 fully saturated rings. The number of carbonyl (C=O) groups is 1. The van der Waals surface area contributed by atoms with E-state index in [0.717, 1.165) is 0 Å². The number of hydrogen-bond donors (Lipinski definition) is 1. The van der Waals surface area contributed by atoms with Crippen molar-refractivity contribution in [2.45, 2.75) is 0 Å². The van der Waals surface area contributed by atoms with Gasteiger partial charge in [-0.05, 0) is 12.1 Å². The second-order valence-electron chi connectivity index (χ2n) is 3.19. The molecule has 0 aliphatic carbocycles. The van der Waals surface area contributed by atoms with E-state index in [2.05, 4.69) is 0 Å². The van der Waals surface area contributed by atoms with Crippen LogP contribution in [0.15, 0.2) is 33.5 Å². The molecular weight excluding hydrogens is 210 g/mol. The van der Waals surface area contributed by atoms with Gasteiger partial charge in [0.05, 0.1) is 7.11 Å². The van der Waals surface area contributed by atoms with Crippen molar-refractivity contribution in [3.63, 3.8) is 0 Å². The molecule has 5 nitrogen and oxygen atoms in total. The fraction of sp³-hybridized carbons (Fsp3) is 0.0909. The van der Waals surface area contributed by atoms with Crippen molar-refractivity contribution in [2.75, 3.05) is 7.11 Å². The Morgan fingerprint density at radius 1 is 1.44 bits per heavy atom. The minimum Gasteiger partial charge on any atom is -0.493 e. The van der Waals surface area contributed by atoms with Gasteiger partial charge in [-0.2, -0.15) is 0 Å². The largest absolute Gasteiger partial charge is 0.493 e. The van der Waals surface area contributed by atoms with E-state index in [-0.39, 0.29) is 5.56 Å². The third kappa shape index (κ3) is 1.52. The van der Waals surface area contributed by atoms with Crippen LogP contribution in [0.3, 0.4) is 0 Å². The standard InChI is InChI=1S/C11H9NO4/c1-15-8-4-2-3-6-5-7(10(12)13)11(14)16-9(6)8/h2-5H,1H3,(H2,12,13). The Bertz CT molecular complexity index is 615. The average molecular weight is 219 g/mol. The first-order chi connectivity index (χ1) is 7.63. The maximum absolute atomic E-state index is 11.4. The molecule has 2 rings (SSSR count). The van der Waals surface area contributed by atoms with Gasteiger partial charge in [-0.15, -0.1) is 0 Å². The van der Waals surface area contributed by atoms with E-state index in [4.69, 9.17) is 14.9 Å². The van der Waals surface area contributed by atoms with Crippen molar-refractivity contribution in [1.29, 1.82) is 0 Å². The highest BCUT2D eigenvalue weighted by Crippen LogP contribution is 2.24. The predicted molar refractivity (Wildman–Crippen MR) is 57.6 cm³/mol. The number of para-hydroxylation sites is 1. The summed E-state index contributed by atoms with van der Waals surface area (Å²) in [6, 6.07) is 6.49. The van der Waals surface area contributed by atoms with Crippen molar-refractivity contribution >= 4 is 16.9 Å². The quantitative estimate of drug-likeness (QED) is 0.760. The molecule has 1 aromatic carbocycles. The van der Waals surface area contributed by atoms with E-state index in [1.165, 1.54) is 13.2 Å². The monoisotopic (exact) mass is 219 g/mol. The summed E-state index contributed by atoms with van der Waals surface area (Å²) in [5, 5.41) is 0.591. The summed E-state index contributed by atoms with van der Waals surface area (Å²) in [7, 11) is 1.47. The van der Waals surface area contributed by atoms with Crippen LogP contribution in [0.2, 0.25) is 0 Å². The highest BCUT2D eigenvalue weighted by Gasteiger charge is 2.12. The van der Waals surface area contributed by atoms with Gasteiger partial charge in [0.25, 0.3) is 5.91 Å². The van der Waals surface area contributed by atoms with Crippen LogP contribution in [0.5, 0.6) is 5.75 Å². The third-order valence-corrected chi connectivity index (χ3v) is 2.21. The third-order valence-electron chi connectivity index (χ3n) is 2.21. The van der Waals surface area contributed by atoms with Crippen molar-refractivity contribution < 1.29 is 13.9 Å². The zero-order chi connectivity index (χ0) is 11.7. The molecule has 0 radical (unpaired) electrons. The zero-order valence-electron chi connectivity index (χ0n) is 8.52. The topological polar surface area (TPSA) is 82.5 Å². The number of nitrogens with two attached hydrogens (primary N) is 1.